The molecule has 1 atom stereocenters. The van der Waals surface area contributed by atoms with E-state index >= 15 is 0 Å². The molecule has 1 saturated heterocycles. The lowest BCUT2D eigenvalue weighted by molar-refractivity contribution is 0.0130. The zero-order chi connectivity index (χ0) is 9.80. The summed E-state index contributed by atoms with van der Waals surface area (Å²) in [5.74, 6) is 0.888. The van der Waals surface area contributed by atoms with Crippen LogP contribution in [0.3, 0.4) is 0 Å². The van der Waals surface area contributed by atoms with E-state index in [0.29, 0.717) is 12.6 Å². The van der Waals surface area contributed by atoms with E-state index in [-0.39, 0.29) is 0 Å². The van der Waals surface area contributed by atoms with Gasteiger partial charge in [-0.3, -0.25) is 0 Å². The third-order valence-electron chi connectivity index (χ3n) is 2.64. The van der Waals surface area contributed by atoms with Gasteiger partial charge in [-0.15, -0.1) is 0 Å². The van der Waals surface area contributed by atoms with E-state index in [2.05, 4.69) is 5.16 Å². The Kier molecular flexibility index (Phi) is 3.16. The number of ether oxygens (including phenoxy) is 1. The van der Waals surface area contributed by atoms with Gasteiger partial charge in [0.05, 0.1) is 12.3 Å². The average Bonchev–Trinajstić information content (AvgIpc) is 2.67. The van der Waals surface area contributed by atoms with Gasteiger partial charge in [-0.05, 0) is 19.3 Å². The second-order valence-electron chi connectivity index (χ2n) is 3.67. The van der Waals surface area contributed by atoms with Crippen molar-refractivity contribution in [2.75, 3.05) is 6.61 Å². The van der Waals surface area contributed by atoms with E-state index in [1.807, 2.05) is 0 Å². The lowest BCUT2D eigenvalue weighted by Gasteiger charge is -2.21. The summed E-state index contributed by atoms with van der Waals surface area (Å²) in [5.41, 5.74) is 6.56. The minimum Gasteiger partial charge on any atom is -0.378 e. The van der Waals surface area contributed by atoms with Crippen LogP contribution in [-0.2, 0) is 17.7 Å². The van der Waals surface area contributed by atoms with Crippen molar-refractivity contribution < 1.29 is 9.26 Å². The molecule has 2 rings (SSSR count). The zero-order valence-corrected chi connectivity index (χ0v) is 8.24. The molecule has 0 radical (unpaired) electrons. The fourth-order valence-corrected chi connectivity index (χ4v) is 1.79. The van der Waals surface area contributed by atoms with Gasteiger partial charge in [0, 0.05) is 25.1 Å². The Morgan fingerprint density at radius 3 is 3.14 bits per heavy atom. The minimum atomic E-state index is 0.294. The molecule has 4 nitrogen and oxygen atoms in total. The van der Waals surface area contributed by atoms with Crippen molar-refractivity contribution in [3.05, 3.63) is 17.5 Å². The third kappa shape index (κ3) is 2.13. The van der Waals surface area contributed by atoms with Gasteiger partial charge in [-0.25, -0.2) is 0 Å². The van der Waals surface area contributed by atoms with Crippen molar-refractivity contribution in [2.45, 2.75) is 38.3 Å². The Morgan fingerprint density at radius 2 is 2.43 bits per heavy atom. The topological polar surface area (TPSA) is 61.3 Å². The second-order valence-corrected chi connectivity index (χ2v) is 3.67. The van der Waals surface area contributed by atoms with Gasteiger partial charge in [-0.1, -0.05) is 5.16 Å². The number of rotatable bonds is 3. The molecule has 1 aliphatic rings. The predicted octanol–water partition coefficient (Wildman–Crippen LogP) is 1.24. The van der Waals surface area contributed by atoms with Crippen LogP contribution < -0.4 is 5.73 Å². The summed E-state index contributed by atoms with van der Waals surface area (Å²) >= 11 is 0. The molecule has 4 heteroatoms. The highest BCUT2D eigenvalue weighted by Crippen LogP contribution is 2.18. The Hall–Kier alpha value is -0.870. The van der Waals surface area contributed by atoms with Crippen molar-refractivity contribution in [3.8, 4) is 0 Å². The first-order valence-corrected chi connectivity index (χ1v) is 5.14. The van der Waals surface area contributed by atoms with Crippen LogP contribution in [0, 0.1) is 0 Å². The van der Waals surface area contributed by atoms with Gasteiger partial charge in [0.15, 0.2) is 0 Å². The Bertz CT molecular complexity index is 279. The van der Waals surface area contributed by atoms with Crippen LogP contribution in [0.25, 0.3) is 0 Å². The lowest BCUT2D eigenvalue weighted by Crippen LogP contribution is -2.21. The summed E-state index contributed by atoms with van der Waals surface area (Å²) in [6, 6.07) is 0. The second kappa shape index (κ2) is 4.57. The molecule has 2 N–H and O–H groups in total. The highest BCUT2D eigenvalue weighted by Gasteiger charge is 2.18. The van der Waals surface area contributed by atoms with Crippen LogP contribution in [0.5, 0.6) is 0 Å². The molecule has 1 aromatic rings. The van der Waals surface area contributed by atoms with E-state index in [0.717, 1.165) is 30.8 Å². The van der Waals surface area contributed by atoms with Crippen molar-refractivity contribution in [2.24, 2.45) is 5.73 Å². The fraction of sp³-hybridized carbons (Fsp3) is 0.700. The molecule has 0 spiro atoms. The van der Waals surface area contributed by atoms with Crippen molar-refractivity contribution in [1.82, 2.24) is 5.16 Å². The first kappa shape index (κ1) is 9.68. The van der Waals surface area contributed by atoms with Crippen LogP contribution >= 0.6 is 0 Å². The van der Waals surface area contributed by atoms with E-state index in [1.165, 1.54) is 12.8 Å². The van der Waals surface area contributed by atoms with Crippen LogP contribution in [0.1, 0.15) is 30.6 Å². The summed E-state index contributed by atoms with van der Waals surface area (Å²) in [5, 5.41) is 3.75. The van der Waals surface area contributed by atoms with Crippen molar-refractivity contribution in [3.63, 3.8) is 0 Å². The smallest absolute Gasteiger partial charge is 0.143 e. The summed E-state index contributed by atoms with van der Waals surface area (Å²) in [7, 11) is 0. The standard InChI is InChI=1S/C10H16N2O2/c11-6-8-7-12-14-10(8)5-9-3-1-2-4-13-9/h7,9H,1-6,11H2. The minimum absolute atomic E-state index is 0.294. The summed E-state index contributed by atoms with van der Waals surface area (Å²) < 4.78 is 10.8. The SMILES string of the molecule is NCc1cnoc1CC1CCCCO1. The highest BCUT2D eigenvalue weighted by atomic mass is 16.5. The molecule has 0 aliphatic carbocycles. The maximum atomic E-state index is 5.62. The Balaban J connectivity index is 1.95. The molecule has 1 fully saturated rings. The molecule has 0 amide bonds. The van der Waals surface area contributed by atoms with Crippen LogP contribution in [0.2, 0.25) is 0 Å². The molecule has 0 aromatic carbocycles. The maximum absolute atomic E-state index is 5.62. The summed E-state index contributed by atoms with van der Waals surface area (Å²) in [6.07, 6.45) is 6.34. The van der Waals surface area contributed by atoms with Crippen LogP contribution in [0.4, 0.5) is 0 Å². The van der Waals surface area contributed by atoms with Crippen LogP contribution in [-0.4, -0.2) is 17.9 Å². The number of nitrogens with zero attached hydrogens (tertiary/aromatic N) is 1. The van der Waals surface area contributed by atoms with E-state index in [9.17, 15) is 0 Å². The molecule has 0 bridgehead atoms. The molecule has 1 aliphatic heterocycles. The van der Waals surface area contributed by atoms with Gasteiger partial charge in [0.1, 0.15) is 5.76 Å². The van der Waals surface area contributed by atoms with E-state index in [4.69, 9.17) is 15.0 Å². The first-order valence-electron chi connectivity index (χ1n) is 5.14. The maximum Gasteiger partial charge on any atom is 0.143 e. The van der Waals surface area contributed by atoms with Crippen molar-refractivity contribution in [1.29, 1.82) is 0 Å². The number of hydrogen-bond donors (Lipinski definition) is 1. The third-order valence-corrected chi connectivity index (χ3v) is 2.64. The molecule has 14 heavy (non-hydrogen) atoms. The predicted molar refractivity (Wildman–Crippen MR) is 51.7 cm³/mol. The lowest BCUT2D eigenvalue weighted by atomic mass is 10.0. The summed E-state index contributed by atoms with van der Waals surface area (Å²) in [4.78, 5) is 0. The zero-order valence-electron chi connectivity index (χ0n) is 8.24. The van der Waals surface area contributed by atoms with E-state index < -0.39 is 0 Å². The largest absolute Gasteiger partial charge is 0.378 e. The summed E-state index contributed by atoms with van der Waals surface area (Å²) in [6.45, 7) is 1.36. The normalized spacial score (nSPS) is 22.5. The van der Waals surface area contributed by atoms with Gasteiger partial charge in [0.2, 0.25) is 0 Å². The molecular formula is C10H16N2O2. The first-order chi connectivity index (χ1) is 6.90. The molecule has 1 aromatic heterocycles. The molecule has 1 unspecified atom stereocenters. The molecule has 78 valence electrons. The van der Waals surface area contributed by atoms with Gasteiger partial charge in [0.25, 0.3) is 0 Å². The number of nitrogens with two attached hydrogens (primary N) is 1. The highest BCUT2D eigenvalue weighted by molar-refractivity contribution is 5.13. The Labute approximate surface area is 83.4 Å². The van der Waals surface area contributed by atoms with Gasteiger partial charge in [-0.2, -0.15) is 0 Å². The van der Waals surface area contributed by atoms with Gasteiger partial charge < -0.3 is 15.0 Å². The monoisotopic (exact) mass is 196 g/mol. The molecule has 2 heterocycles. The number of aromatic nitrogens is 1. The Morgan fingerprint density at radius 1 is 1.50 bits per heavy atom. The van der Waals surface area contributed by atoms with Crippen molar-refractivity contribution >= 4 is 0 Å². The molecular weight excluding hydrogens is 180 g/mol. The quantitative estimate of drug-likeness (QED) is 0.790. The number of hydrogen-bond acceptors (Lipinski definition) is 4. The van der Waals surface area contributed by atoms with Crippen LogP contribution in [0.15, 0.2) is 10.7 Å². The fourth-order valence-electron chi connectivity index (χ4n) is 1.79. The average molecular weight is 196 g/mol. The van der Waals surface area contributed by atoms with Gasteiger partial charge >= 0.3 is 0 Å². The van der Waals surface area contributed by atoms with E-state index in [1.54, 1.807) is 6.20 Å². The molecule has 0 saturated carbocycles.